The Hall–Kier alpha value is -2.79. The maximum atomic E-state index is 11.2. The fourth-order valence-corrected chi connectivity index (χ4v) is 1.31. The molecule has 1 rings (SSSR count). The quantitative estimate of drug-likeness (QED) is 0.469. The first-order valence-electron chi connectivity index (χ1n) is 5.55. The van der Waals surface area contributed by atoms with Crippen LogP contribution in [0.1, 0.15) is 18.9 Å². The van der Waals surface area contributed by atoms with Crippen LogP contribution in [-0.4, -0.2) is 13.1 Å². The zero-order chi connectivity index (χ0) is 14.3. The molecule has 0 spiro atoms. The molecular formula is C14H12N2O3. The summed E-state index contributed by atoms with van der Waals surface area (Å²) in [5.41, 5.74) is 0.603. The van der Waals surface area contributed by atoms with Gasteiger partial charge < -0.3 is 9.47 Å². The molecule has 0 saturated heterocycles. The van der Waals surface area contributed by atoms with E-state index in [0.29, 0.717) is 17.1 Å². The Kier molecular flexibility index (Phi) is 5.13. The molecule has 0 atom stereocenters. The summed E-state index contributed by atoms with van der Waals surface area (Å²) in [5.74, 6) is 0.309. The normalized spacial score (nSPS) is 8.84. The van der Waals surface area contributed by atoms with Gasteiger partial charge in [0.2, 0.25) is 0 Å². The molecule has 96 valence electrons. The van der Waals surface area contributed by atoms with E-state index in [0.717, 1.165) is 0 Å². The summed E-state index contributed by atoms with van der Waals surface area (Å²) in [5, 5.41) is 17.4. The first-order valence-corrected chi connectivity index (χ1v) is 5.55. The molecular weight excluding hydrogens is 244 g/mol. The van der Waals surface area contributed by atoms with E-state index in [1.54, 1.807) is 37.3 Å². The van der Waals surface area contributed by atoms with Crippen LogP contribution in [-0.2, 0) is 4.79 Å². The largest absolute Gasteiger partial charge is 0.493 e. The topological polar surface area (TPSA) is 83.1 Å². The number of benzene rings is 1. The molecule has 1 aromatic carbocycles. The molecule has 0 amide bonds. The van der Waals surface area contributed by atoms with Crippen LogP contribution in [0.25, 0.3) is 6.08 Å². The highest BCUT2D eigenvalue weighted by atomic mass is 16.6. The number of hydrogen-bond acceptors (Lipinski definition) is 5. The van der Waals surface area contributed by atoms with Gasteiger partial charge in [0.05, 0.1) is 7.11 Å². The number of allylic oxidation sites excluding steroid dienone is 1. The molecule has 19 heavy (non-hydrogen) atoms. The molecule has 0 N–H and O–H groups in total. The summed E-state index contributed by atoms with van der Waals surface area (Å²) in [6, 6.07) is 8.32. The lowest BCUT2D eigenvalue weighted by atomic mass is 10.1. The van der Waals surface area contributed by atoms with Gasteiger partial charge in [0, 0.05) is 6.42 Å². The van der Waals surface area contributed by atoms with E-state index in [4.69, 9.17) is 20.0 Å². The first kappa shape index (κ1) is 14.3. The molecule has 1 aromatic rings. The maximum Gasteiger partial charge on any atom is 0.311 e. The minimum Gasteiger partial charge on any atom is -0.493 e. The Bertz CT molecular complexity index is 576. The molecule has 0 unspecified atom stereocenters. The van der Waals surface area contributed by atoms with Crippen LogP contribution < -0.4 is 9.47 Å². The lowest BCUT2D eigenvalue weighted by molar-refractivity contribution is -0.134. The number of carbonyl (C=O) groups excluding carboxylic acids is 1. The second-order valence-electron chi connectivity index (χ2n) is 3.52. The van der Waals surface area contributed by atoms with Crippen molar-refractivity contribution in [3.05, 3.63) is 29.3 Å². The second-order valence-corrected chi connectivity index (χ2v) is 3.52. The number of rotatable bonds is 4. The summed E-state index contributed by atoms with van der Waals surface area (Å²) >= 11 is 0. The predicted octanol–water partition coefficient (Wildman–Crippen LogP) is 2.44. The van der Waals surface area contributed by atoms with Gasteiger partial charge in [-0.1, -0.05) is 13.0 Å². The Morgan fingerprint density at radius 3 is 2.53 bits per heavy atom. The zero-order valence-corrected chi connectivity index (χ0v) is 10.6. The molecule has 0 fully saturated rings. The van der Waals surface area contributed by atoms with Gasteiger partial charge in [0.15, 0.2) is 11.5 Å². The number of nitriles is 2. The smallest absolute Gasteiger partial charge is 0.311 e. The van der Waals surface area contributed by atoms with Crippen molar-refractivity contribution in [1.82, 2.24) is 0 Å². The molecule has 5 nitrogen and oxygen atoms in total. The fourth-order valence-electron chi connectivity index (χ4n) is 1.31. The lowest BCUT2D eigenvalue weighted by Gasteiger charge is -2.09. The van der Waals surface area contributed by atoms with Crippen LogP contribution in [0.4, 0.5) is 0 Å². The fraction of sp³-hybridized carbons (Fsp3) is 0.214. The van der Waals surface area contributed by atoms with Crippen molar-refractivity contribution in [2.45, 2.75) is 13.3 Å². The summed E-state index contributed by atoms with van der Waals surface area (Å²) in [6.45, 7) is 1.69. The molecule has 0 bridgehead atoms. The molecule has 0 heterocycles. The molecule has 0 aliphatic carbocycles. The van der Waals surface area contributed by atoms with E-state index in [1.165, 1.54) is 13.2 Å². The Labute approximate surface area is 111 Å². The third-order valence-corrected chi connectivity index (χ3v) is 2.25. The number of hydrogen-bond donors (Lipinski definition) is 0. The average molecular weight is 256 g/mol. The van der Waals surface area contributed by atoms with Crippen molar-refractivity contribution in [2.75, 3.05) is 7.11 Å². The first-order chi connectivity index (χ1) is 9.14. The van der Waals surface area contributed by atoms with Gasteiger partial charge in [0.25, 0.3) is 0 Å². The summed E-state index contributed by atoms with van der Waals surface area (Å²) in [7, 11) is 1.45. The third kappa shape index (κ3) is 3.86. The molecule has 5 heteroatoms. The monoisotopic (exact) mass is 256 g/mol. The van der Waals surface area contributed by atoms with Gasteiger partial charge in [0.1, 0.15) is 17.7 Å². The molecule has 0 aliphatic rings. The van der Waals surface area contributed by atoms with Gasteiger partial charge >= 0.3 is 5.97 Å². The van der Waals surface area contributed by atoms with Gasteiger partial charge in [-0.15, -0.1) is 0 Å². The predicted molar refractivity (Wildman–Crippen MR) is 68.1 cm³/mol. The van der Waals surface area contributed by atoms with Crippen LogP contribution in [0.3, 0.4) is 0 Å². The van der Waals surface area contributed by atoms with Gasteiger partial charge in [-0.2, -0.15) is 10.5 Å². The maximum absolute atomic E-state index is 11.2. The highest BCUT2D eigenvalue weighted by Crippen LogP contribution is 2.29. The Morgan fingerprint density at radius 1 is 1.32 bits per heavy atom. The summed E-state index contributed by atoms with van der Waals surface area (Å²) < 4.78 is 10.2. The van der Waals surface area contributed by atoms with Crippen LogP contribution in [0.2, 0.25) is 0 Å². The van der Waals surface area contributed by atoms with Crippen molar-refractivity contribution in [3.8, 4) is 23.6 Å². The minimum atomic E-state index is -0.365. The second kappa shape index (κ2) is 6.83. The number of methoxy groups -OCH3 is 1. The van der Waals surface area contributed by atoms with E-state index < -0.39 is 0 Å². The number of ether oxygens (including phenoxy) is 2. The van der Waals surface area contributed by atoms with E-state index in [9.17, 15) is 4.79 Å². The van der Waals surface area contributed by atoms with E-state index in [1.807, 2.05) is 0 Å². The summed E-state index contributed by atoms with van der Waals surface area (Å²) in [4.78, 5) is 11.2. The van der Waals surface area contributed by atoms with Crippen molar-refractivity contribution >= 4 is 12.0 Å². The third-order valence-electron chi connectivity index (χ3n) is 2.25. The van der Waals surface area contributed by atoms with Gasteiger partial charge in [-0.05, 0) is 23.8 Å². The minimum absolute atomic E-state index is 0.0136. The molecule has 0 saturated carbocycles. The summed E-state index contributed by atoms with van der Waals surface area (Å²) in [6.07, 6.45) is 1.69. The highest BCUT2D eigenvalue weighted by Gasteiger charge is 2.09. The van der Waals surface area contributed by atoms with Gasteiger partial charge in [-0.25, -0.2) is 0 Å². The van der Waals surface area contributed by atoms with E-state index >= 15 is 0 Å². The highest BCUT2D eigenvalue weighted by molar-refractivity contribution is 5.73. The molecule has 0 radical (unpaired) electrons. The van der Waals surface area contributed by atoms with Crippen LogP contribution >= 0.6 is 0 Å². The van der Waals surface area contributed by atoms with E-state index in [-0.39, 0.29) is 18.0 Å². The van der Waals surface area contributed by atoms with Crippen LogP contribution in [0.15, 0.2) is 23.8 Å². The van der Waals surface area contributed by atoms with Crippen molar-refractivity contribution in [1.29, 1.82) is 10.5 Å². The average Bonchev–Trinajstić information content (AvgIpc) is 2.45. The standard InChI is InChI=1S/C14H12N2O3/c1-3-14(17)19-12-5-4-10(7-13(12)18-2)6-11(8-15)9-16/h4-7H,3H2,1-2H3. The lowest BCUT2D eigenvalue weighted by Crippen LogP contribution is -2.06. The van der Waals surface area contributed by atoms with Crippen molar-refractivity contribution in [2.24, 2.45) is 0 Å². The van der Waals surface area contributed by atoms with Crippen molar-refractivity contribution < 1.29 is 14.3 Å². The number of carbonyl (C=O) groups is 1. The number of esters is 1. The Balaban J connectivity index is 3.10. The molecule has 0 aliphatic heterocycles. The van der Waals surface area contributed by atoms with Crippen LogP contribution in [0.5, 0.6) is 11.5 Å². The molecule has 0 aromatic heterocycles. The Morgan fingerprint density at radius 2 is 2.00 bits per heavy atom. The number of nitrogens with zero attached hydrogens (tertiary/aromatic N) is 2. The van der Waals surface area contributed by atoms with Crippen LogP contribution in [0, 0.1) is 22.7 Å². The van der Waals surface area contributed by atoms with Crippen molar-refractivity contribution in [3.63, 3.8) is 0 Å². The SMILES string of the molecule is CCC(=O)Oc1ccc(C=C(C#N)C#N)cc1OC. The van der Waals surface area contributed by atoms with Gasteiger partial charge in [-0.3, -0.25) is 4.79 Å². The zero-order valence-electron chi connectivity index (χ0n) is 10.6. The van der Waals surface area contributed by atoms with E-state index in [2.05, 4.69) is 0 Å².